The van der Waals surface area contributed by atoms with Crippen LogP contribution in [0.2, 0.25) is 0 Å². The SMILES string of the molecule is N#Cc1cccc(-c2ccc3c(c2)c2cc(-c4cccc(C#N)c4)ccc2n3-c2ccc(C#N)cc2-c2ccc(-c3cc(C(F)(F)F)cc(C(F)(F)F)c3)cc2-n2c3ccc(-c4cccc(C#N)c4)cc3c3cc(-c4cccc(C#N)c4)ccc32)c1. The van der Waals surface area contributed by atoms with E-state index in [1.54, 1.807) is 84.9 Å². The van der Waals surface area contributed by atoms with E-state index in [2.05, 4.69) is 34.9 Å². The van der Waals surface area contributed by atoms with Crippen LogP contribution >= 0.6 is 0 Å². The molecule has 0 saturated carbocycles. The summed E-state index contributed by atoms with van der Waals surface area (Å²) in [7, 11) is 0. The maximum absolute atomic E-state index is 14.7. The van der Waals surface area contributed by atoms with Gasteiger partial charge in [-0.1, -0.05) is 84.9 Å². The standard InChI is InChI=1S/C73H37F6N7/c74-72(75,76)58-30-57(31-59(37-58)73(77,78)79)56-14-19-60(71(36-56)86-69-23-17-54(50-11-3-7-45(27-50)40-82)34-64(69)65-35-55(18-24-70(65)86)51-12-4-8-46(28-51)41-83)61-29-47(42-84)13-20-66(61)85-67-21-15-52(48-9-1-5-43(25-48)38-80)32-62(67)63-33-53(16-22-68(63)85)49-10-2-6-44(26-49)39-81/h1-37H. The van der Waals surface area contributed by atoms with E-state index in [9.17, 15) is 52.7 Å². The summed E-state index contributed by atoms with van der Waals surface area (Å²) in [6.45, 7) is 0. The molecular weight excluding hydrogens is 1090 g/mol. The number of aromatic nitrogens is 2. The van der Waals surface area contributed by atoms with Crippen molar-refractivity contribution in [3.05, 3.63) is 263 Å². The van der Waals surface area contributed by atoms with E-state index in [1.807, 2.05) is 120 Å². The van der Waals surface area contributed by atoms with Gasteiger partial charge in [-0.25, -0.2) is 0 Å². The zero-order valence-corrected chi connectivity index (χ0v) is 44.8. The Labute approximate surface area is 487 Å². The summed E-state index contributed by atoms with van der Waals surface area (Å²) in [4.78, 5) is 0. The number of alkyl halides is 6. The van der Waals surface area contributed by atoms with Crippen LogP contribution in [0.5, 0.6) is 0 Å². The summed E-state index contributed by atoms with van der Waals surface area (Å²) in [5, 5.41) is 53.3. The second-order valence-corrected chi connectivity index (χ2v) is 20.7. The zero-order chi connectivity index (χ0) is 59.6. The van der Waals surface area contributed by atoms with Crippen LogP contribution in [0.4, 0.5) is 26.3 Å². The van der Waals surface area contributed by atoms with Gasteiger partial charge in [0.25, 0.3) is 0 Å². The Morgan fingerprint density at radius 2 is 0.570 bits per heavy atom. The van der Waals surface area contributed by atoms with Gasteiger partial charge in [0.05, 0.1) is 103 Å². The highest BCUT2D eigenvalue weighted by Crippen LogP contribution is 2.46. The van der Waals surface area contributed by atoms with E-state index in [4.69, 9.17) is 0 Å². The number of halogens is 6. The first-order valence-electron chi connectivity index (χ1n) is 26.8. The van der Waals surface area contributed by atoms with Gasteiger partial charge in [-0.15, -0.1) is 0 Å². The van der Waals surface area contributed by atoms with Crippen molar-refractivity contribution in [1.82, 2.24) is 9.13 Å². The molecule has 7 nitrogen and oxygen atoms in total. The average molecular weight is 1130 g/mol. The first kappa shape index (κ1) is 53.4. The lowest BCUT2D eigenvalue weighted by molar-refractivity contribution is -0.143. The number of rotatable bonds is 8. The Morgan fingerprint density at radius 3 is 0.919 bits per heavy atom. The maximum Gasteiger partial charge on any atom is 0.416 e. The second kappa shape index (κ2) is 20.8. The van der Waals surface area contributed by atoms with Gasteiger partial charge in [0.2, 0.25) is 0 Å². The molecule has 0 atom stereocenters. The van der Waals surface area contributed by atoms with Crippen LogP contribution in [0.25, 0.3) is 122 Å². The Morgan fingerprint density at radius 1 is 0.256 bits per heavy atom. The topological polar surface area (TPSA) is 129 Å². The van der Waals surface area contributed by atoms with Crippen molar-refractivity contribution in [3.8, 4) is 108 Å². The van der Waals surface area contributed by atoms with E-state index in [-0.39, 0.29) is 22.8 Å². The van der Waals surface area contributed by atoms with E-state index < -0.39 is 23.5 Å². The molecule has 0 N–H and O–H groups in total. The largest absolute Gasteiger partial charge is 0.416 e. The van der Waals surface area contributed by atoms with E-state index in [1.165, 1.54) is 6.07 Å². The van der Waals surface area contributed by atoms with Crippen LogP contribution in [0.15, 0.2) is 224 Å². The van der Waals surface area contributed by atoms with Gasteiger partial charge < -0.3 is 9.13 Å². The third-order valence-electron chi connectivity index (χ3n) is 15.6. The van der Waals surface area contributed by atoms with Crippen LogP contribution in [-0.4, -0.2) is 9.13 Å². The Hall–Kier alpha value is -12.0. The first-order chi connectivity index (χ1) is 41.6. The zero-order valence-electron chi connectivity index (χ0n) is 44.8. The number of benzene rings is 11. The van der Waals surface area contributed by atoms with Gasteiger partial charge in [0, 0.05) is 32.7 Å². The molecule has 11 aromatic carbocycles. The molecular formula is C73H37F6N7. The fraction of sp³-hybridized carbons (Fsp3) is 0.0274. The number of nitrogens with zero attached hydrogens (tertiary/aromatic N) is 7. The lowest BCUT2D eigenvalue weighted by Crippen LogP contribution is -2.11. The highest BCUT2D eigenvalue weighted by Gasteiger charge is 2.37. The summed E-state index contributed by atoms with van der Waals surface area (Å²) in [6, 6.07) is 74.8. The molecule has 0 amide bonds. The Kier molecular flexibility index (Phi) is 12.9. The summed E-state index contributed by atoms with van der Waals surface area (Å²) in [6.07, 6.45) is -10.3. The molecule has 0 aliphatic carbocycles. The van der Waals surface area contributed by atoms with Crippen LogP contribution < -0.4 is 0 Å². The van der Waals surface area contributed by atoms with Crippen LogP contribution in [0, 0.1) is 56.7 Å². The predicted molar refractivity (Wildman–Crippen MR) is 321 cm³/mol. The van der Waals surface area contributed by atoms with Gasteiger partial charge >= 0.3 is 12.4 Å². The molecule has 13 heteroatoms. The van der Waals surface area contributed by atoms with Crippen molar-refractivity contribution in [2.75, 3.05) is 0 Å². The third-order valence-corrected chi connectivity index (χ3v) is 15.6. The molecule has 0 aliphatic rings. The van der Waals surface area contributed by atoms with Crippen LogP contribution in [-0.2, 0) is 12.4 Å². The fourth-order valence-electron chi connectivity index (χ4n) is 11.6. The minimum Gasteiger partial charge on any atom is -0.309 e. The molecule has 0 aliphatic heterocycles. The minimum absolute atomic E-state index is 0.0288. The number of hydrogen-bond acceptors (Lipinski definition) is 5. The van der Waals surface area contributed by atoms with E-state index in [0.717, 1.165) is 66.3 Å². The van der Waals surface area contributed by atoms with E-state index in [0.29, 0.717) is 78.7 Å². The molecule has 406 valence electrons. The van der Waals surface area contributed by atoms with Crippen molar-refractivity contribution >= 4 is 43.6 Å². The number of nitriles is 5. The predicted octanol–water partition coefficient (Wildman–Crippen LogP) is 19.3. The van der Waals surface area contributed by atoms with Crippen LogP contribution in [0.3, 0.4) is 0 Å². The first-order valence-corrected chi connectivity index (χ1v) is 26.8. The highest BCUT2D eigenvalue weighted by atomic mass is 19.4. The molecule has 2 aromatic heterocycles. The number of fused-ring (bicyclic) bond motifs is 6. The molecule has 86 heavy (non-hydrogen) atoms. The van der Waals surface area contributed by atoms with E-state index >= 15 is 0 Å². The van der Waals surface area contributed by atoms with Gasteiger partial charge in [-0.2, -0.15) is 52.7 Å². The second-order valence-electron chi connectivity index (χ2n) is 20.7. The maximum atomic E-state index is 14.7. The smallest absolute Gasteiger partial charge is 0.309 e. The molecule has 0 fully saturated rings. The van der Waals surface area contributed by atoms with Crippen molar-refractivity contribution in [3.63, 3.8) is 0 Å². The third kappa shape index (κ3) is 9.46. The summed E-state index contributed by atoms with van der Waals surface area (Å²) in [5.41, 5.74) is 9.49. The van der Waals surface area contributed by atoms with Crippen molar-refractivity contribution < 1.29 is 26.3 Å². The van der Waals surface area contributed by atoms with Crippen molar-refractivity contribution in [2.45, 2.75) is 12.4 Å². The Bertz CT molecular complexity index is 4980. The molecule has 0 radical (unpaired) electrons. The quantitative estimate of drug-likeness (QED) is 0.140. The van der Waals surface area contributed by atoms with Gasteiger partial charge in [-0.05, 0) is 195 Å². The van der Waals surface area contributed by atoms with Crippen molar-refractivity contribution in [1.29, 1.82) is 26.3 Å². The monoisotopic (exact) mass is 1130 g/mol. The Balaban J connectivity index is 1.13. The van der Waals surface area contributed by atoms with Gasteiger partial charge in [0.1, 0.15) is 0 Å². The normalized spacial score (nSPS) is 11.5. The molecule has 0 spiro atoms. The summed E-state index contributed by atoms with van der Waals surface area (Å²) >= 11 is 0. The molecule has 0 bridgehead atoms. The van der Waals surface area contributed by atoms with Crippen LogP contribution in [0.1, 0.15) is 38.9 Å². The summed E-state index contributed by atoms with van der Waals surface area (Å²) in [5.74, 6) is 0. The van der Waals surface area contributed by atoms with Gasteiger partial charge in [0.15, 0.2) is 0 Å². The minimum atomic E-state index is -5.14. The van der Waals surface area contributed by atoms with Gasteiger partial charge in [-0.3, -0.25) is 0 Å². The molecule has 2 heterocycles. The lowest BCUT2D eigenvalue weighted by Gasteiger charge is -2.21. The lowest BCUT2D eigenvalue weighted by atomic mass is 9.93. The highest BCUT2D eigenvalue weighted by molar-refractivity contribution is 6.14. The fourth-order valence-corrected chi connectivity index (χ4v) is 11.6. The summed E-state index contributed by atoms with van der Waals surface area (Å²) < 4.78 is 92.1. The molecule has 13 aromatic rings. The van der Waals surface area contributed by atoms with Crippen molar-refractivity contribution in [2.24, 2.45) is 0 Å². The number of hydrogen-bond donors (Lipinski definition) is 0. The molecule has 13 rings (SSSR count). The molecule has 0 saturated heterocycles. The average Bonchev–Trinajstić information content (AvgIpc) is 1.81. The molecule has 0 unspecified atom stereocenters.